The molecule has 0 aromatic heterocycles. The third-order valence-electron chi connectivity index (χ3n) is 1.78. The van der Waals surface area contributed by atoms with Gasteiger partial charge in [-0.15, -0.1) is 0 Å². The number of hydrogen-bond acceptors (Lipinski definition) is 2. The van der Waals surface area contributed by atoms with Crippen LogP contribution in [0.25, 0.3) is 0 Å². The molecule has 8 heavy (non-hydrogen) atoms. The quantitative estimate of drug-likeness (QED) is 0.503. The molecule has 2 N–H and O–H groups in total. The van der Waals surface area contributed by atoms with Gasteiger partial charge in [0.25, 0.3) is 0 Å². The van der Waals surface area contributed by atoms with Crippen molar-refractivity contribution < 1.29 is 5.11 Å². The molecule has 48 valence electrons. The Kier molecular flexibility index (Phi) is 1.86. The number of rotatable bonds is 1. The first-order chi connectivity index (χ1) is 3.80. The molecule has 0 aliphatic carbocycles. The summed E-state index contributed by atoms with van der Waals surface area (Å²) < 4.78 is 0. The summed E-state index contributed by atoms with van der Waals surface area (Å²) in [7, 11) is 0. The average Bonchev–Trinajstić information content (AvgIpc) is 2.12. The van der Waals surface area contributed by atoms with Crippen molar-refractivity contribution in [2.75, 3.05) is 13.1 Å². The highest BCUT2D eigenvalue weighted by Gasteiger charge is 2.18. The Bertz CT molecular complexity index is 66.9. The van der Waals surface area contributed by atoms with Crippen LogP contribution < -0.4 is 5.32 Å². The standard InChI is InChI=1S/C6H13NO/c1-5(8)6-2-3-7-4-6/h5-8H,2-4H2,1H3/t5-,6+/m0/s1. The predicted molar refractivity (Wildman–Crippen MR) is 32.7 cm³/mol. The van der Waals surface area contributed by atoms with E-state index in [0.717, 1.165) is 19.5 Å². The molecule has 1 heterocycles. The Labute approximate surface area is 49.9 Å². The van der Waals surface area contributed by atoms with Crippen LogP contribution in [0.2, 0.25) is 0 Å². The van der Waals surface area contributed by atoms with Crippen LogP contribution in [-0.2, 0) is 0 Å². The van der Waals surface area contributed by atoms with E-state index in [2.05, 4.69) is 5.32 Å². The van der Waals surface area contributed by atoms with Crippen molar-refractivity contribution in [3.8, 4) is 0 Å². The first-order valence-electron chi connectivity index (χ1n) is 3.19. The van der Waals surface area contributed by atoms with Crippen LogP contribution in [0.4, 0.5) is 0 Å². The molecule has 0 spiro atoms. The second kappa shape index (κ2) is 2.46. The van der Waals surface area contributed by atoms with E-state index in [1.165, 1.54) is 0 Å². The topological polar surface area (TPSA) is 32.3 Å². The van der Waals surface area contributed by atoms with Crippen molar-refractivity contribution in [2.24, 2.45) is 5.92 Å². The Morgan fingerprint density at radius 1 is 1.75 bits per heavy atom. The first kappa shape index (κ1) is 6.05. The number of aliphatic hydroxyl groups is 1. The average molecular weight is 115 g/mol. The van der Waals surface area contributed by atoms with Crippen LogP contribution in [-0.4, -0.2) is 24.3 Å². The van der Waals surface area contributed by atoms with E-state index in [9.17, 15) is 0 Å². The van der Waals surface area contributed by atoms with Crippen LogP contribution >= 0.6 is 0 Å². The van der Waals surface area contributed by atoms with Gasteiger partial charge in [-0.05, 0) is 25.8 Å². The summed E-state index contributed by atoms with van der Waals surface area (Å²) in [5.74, 6) is 0.509. The molecule has 2 heteroatoms. The smallest absolute Gasteiger partial charge is 0.0552 e. The minimum atomic E-state index is -0.120. The third-order valence-corrected chi connectivity index (χ3v) is 1.78. The molecule has 0 saturated carbocycles. The van der Waals surface area contributed by atoms with Gasteiger partial charge < -0.3 is 10.4 Å². The van der Waals surface area contributed by atoms with Gasteiger partial charge in [-0.2, -0.15) is 0 Å². The maximum Gasteiger partial charge on any atom is 0.0552 e. The Balaban J connectivity index is 2.24. The Morgan fingerprint density at radius 2 is 2.50 bits per heavy atom. The van der Waals surface area contributed by atoms with Gasteiger partial charge >= 0.3 is 0 Å². The zero-order chi connectivity index (χ0) is 5.98. The molecule has 0 amide bonds. The lowest BCUT2D eigenvalue weighted by atomic mass is 10.0. The van der Waals surface area contributed by atoms with Gasteiger partial charge in [0.05, 0.1) is 6.10 Å². The molecule has 0 aromatic carbocycles. The maximum atomic E-state index is 9.01. The van der Waals surface area contributed by atoms with Crippen molar-refractivity contribution in [3.05, 3.63) is 0 Å². The van der Waals surface area contributed by atoms with Crippen molar-refractivity contribution in [2.45, 2.75) is 19.4 Å². The van der Waals surface area contributed by atoms with Crippen molar-refractivity contribution >= 4 is 0 Å². The lowest BCUT2D eigenvalue weighted by molar-refractivity contribution is 0.136. The van der Waals surface area contributed by atoms with Crippen LogP contribution in [0.1, 0.15) is 13.3 Å². The summed E-state index contributed by atoms with van der Waals surface area (Å²) in [4.78, 5) is 0. The zero-order valence-electron chi connectivity index (χ0n) is 5.22. The summed E-state index contributed by atoms with van der Waals surface area (Å²) in [5.41, 5.74) is 0. The molecule has 2 atom stereocenters. The summed E-state index contributed by atoms with van der Waals surface area (Å²) in [5, 5.41) is 12.2. The Hall–Kier alpha value is -0.0800. The van der Waals surface area contributed by atoms with Gasteiger partial charge in [-0.3, -0.25) is 0 Å². The van der Waals surface area contributed by atoms with E-state index in [4.69, 9.17) is 5.11 Å². The zero-order valence-corrected chi connectivity index (χ0v) is 5.22. The summed E-state index contributed by atoms with van der Waals surface area (Å²) in [6.45, 7) is 3.94. The molecule has 0 aromatic rings. The Morgan fingerprint density at radius 3 is 2.75 bits per heavy atom. The number of aliphatic hydroxyl groups excluding tert-OH is 1. The van der Waals surface area contributed by atoms with Crippen molar-refractivity contribution in [1.29, 1.82) is 0 Å². The monoisotopic (exact) mass is 115 g/mol. The summed E-state index contributed by atoms with van der Waals surface area (Å²) in [6, 6.07) is 0. The fourth-order valence-electron chi connectivity index (χ4n) is 1.09. The number of nitrogens with one attached hydrogen (secondary N) is 1. The fraction of sp³-hybridized carbons (Fsp3) is 1.00. The van der Waals surface area contributed by atoms with E-state index in [1.807, 2.05) is 6.92 Å². The highest BCUT2D eigenvalue weighted by Crippen LogP contribution is 2.10. The normalized spacial score (nSPS) is 33.0. The van der Waals surface area contributed by atoms with Gasteiger partial charge in [-0.25, -0.2) is 0 Å². The van der Waals surface area contributed by atoms with Gasteiger partial charge in [0.2, 0.25) is 0 Å². The van der Waals surface area contributed by atoms with E-state index in [-0.39, 0.29) is 6.10 Å². The van der Waals surface area contributed by atoms with Crippen LogP contribution in [0.3, 0.4) is 0 Å². The molecule has 0 bridgehead atoms. The minimum absolute atomic E-state index is 0.120. The molecule has 1 aliphatic rings. The fourth-order valence-corrected chi connectivity index (χ4v) is 1.09. The number of hydrogen-bond donors (Lipinski definition) is 2. The maximum absolute atomic E-state index is 9.01. The van der Waals surface area contributed by atoms with Gasteiger partial charge in [-0.1, -0.05) is 0 Å². The lowest BCUT2D eigenvalue weighted by Gasteiger charge is -2.09. The van der Waals surface area contributed by atoms with Gasteiger partial charge in [0, 0.05) is 6.54 Å². The van der Waals surface area contributed by atoms with Crippen LogP contribution in [0, 0.1) is 5.92 Å². The molecular weight excluding hydrogens is 102 g/mol. The highest BCUT2D eigenvalue weighted by atomic mass is 16.3. The van der Waals surface area contributed by atoms with E-state index < -0.39 is 0 Å². The second-order valence-corrected chi connectivity index (χ2v) is 2.49. The lowest BCUT2D eigenvalue weighted by Crippen LogP contribution is -2.19. The second-order valence-electron chi connectivity index (χ2n) is 2.49. The minimum Gasteiger partial charge on any atom is -0.393 e. The largest absolute Gasteiger partial charge is 0.393 e. The van der Waals surface area contributed by atoms with Crippen molar-refractivity contribution in [1.82, 2.24) is 5.32 Å². The third kappa shape index (κ3) is 1.20. The highest BCUT2D eigenvalue weighted by molar-refractivity contribution is 4.74. The van der Waals surface area contributed by atoms with Crippen LogP contribution in [0.15, 0.2) is 0 Å². The SMILES string of the molecule is C[C@H](O)[C@@H]1CCNC1. The summed E-state index contributed by atoms with van der Waals surface area (Å²) >= 11 is 0. The molecule has 0 radical (unpaired) electrons. The molecule has 0 unspecified atom stereocenters. The molecule has 1 aliphatic heterocycles. The van der Waals surface area contributed by atoms with Gasteiger partial charge in [0.1, 0.15) is 0 Å². The van der Waals surface area contributed by atoms with E-state index in [0.29, 0.717) is 5.92 Å². The molecule has 1 fully saturated rings. The van der Waals surface area contributed by atoms with E-state index >= 15 is 0 Å². The predicted octanol–water partition coefficient (Wildman–Crippen LogP) is -0.0233. The van der Waals surface area contributed by atoms with E-state index in [1.54, 1.807) is 0 Å². The summed E-state index contributed by atoms with van der Waals surface area (Å²) in [6.07, 6.45) is 1.02. The van der Waals surface area contributed by atoms with Crippen LogP contribution in [0.5, 0.6) is 0 Å². The molecule has 1 saturated heterocycles. The molecule has 1 rings (SSSR count). The van der Waals surface area contributed by atoms with Crippen molar-refractivity contribution in [3.63, 3.8) is 0 Å². The van der Waals surface area contributed by atoms with Gasteiger partial charge in [0.15, 0.2) is 0 Å². The first-order valence-corrected chi connectivity index (χ1v) is 3.19. The molecular formula is C6H13NO. The molecule has 2 nitrogen and oxygen atoms in total.